The van der Waals surface area contributed by atoms with Crippen LogP contribution in [0.15, 0.2) is 30.3 Å². The third-order valence-electron chi connectivity index (χ3n) is 5.74. The Bertz CT molecular complexity index is 640. The molecule has 1 N–H and O–H groups in total. The molecule has 1 aromatic rings. The van der Waals surface area contributed by atoms with E-state index in [4.69, 9.17) is 0 Å². The first-order chi connectivity index (χ1) is 12.1. The maximum absolute atomic E-state index is 12.8. The molecular weight excluding hydrogens is 314 g/mol. The molecule has 5 nitrogen and oxygen atoms in total. The van der Waals surface area contributed by atoms with Crippen LogP contribution in [-0.2, 0) is 0 Å². The SMILES string of the molecule is C[C@@H](C1CC1)N(C(=O)N[C@H]1CCN(C(=O)c2ccccc2)C1)C1CC1. The van der Waals surface area contributed by atoms with Gasteiger partial charge in [-0.1, -0.05) is 18.2 Å². The zero-order valence-electron chi connectivity index (χ0n) is 14.9. The van der Waals surface area contributed by atoms with Gasteiger partial charge in [-0.25, -0.2) is 4.79 Å². The van der Waals surface area contributed by atoms with Crippen molar-refractivity contribution in [3.05, 3.63) is 35.9 Å². The van der Waals surface area contributed by atoms with Crippen LogP contribution in [0.1, 0.15) is 49.4 Å². The van der Waals surface area contributed by atoms with E-state index in [2.05, 4.69) is 17.1 Å². The lowest BCUT2D eigenvalue weighted by atomic mass is 10.2. The molecule has 0 bridgehead atoms. The van der Waals surface area contributed by atoms with Crippen molar-refractivity contribution in [2.75, 3.05) is 13.1 Å². The van der Waals surface area contributed by atoms with Crippen molar-refractivity contribution < 1.29 is 9.59 Å². The Kier molecular flexibility index (Phi) is 4.40. The van der Waals surface area contributed by atoms with Gasteiger partial charge in [0.15, 0.2) is 0 Å². The molecule has 2 aliphatic carbocycles. The maximum Gasteiger partial charge on any atom is 0.318 e. The average Bonchev–Trinajstić information content (AvgIpc) is 3.54. The van der Waals surface area contributed by atoms with E-state index in [1.165, 1.54) is 12.8 Å². The van der Waals surface area contributed by atoms with Gasteiger partial charge < -0.3 is 15.1 Å². The van der Waals surface area contributed by atoms with Crippen molar-refractivity contribution in [2.45, 2.75) is 57.2 Å². The number of nitrogens with zero attached hydrogens (tertiary/aromatic N) is 2. The van der Waals surface area contributed by atoms with E-state index in [-0.39, 0.29) is 18.0 Å². The third-order valence-corrected chi connectivity index (χ3v) is 5.74. The lowest BCUT2D eigenvalue weighted by Gasteiger charge is -2.31. The Hall–Kier alpha value is -2.04. The van der Waals surface area contributed by atoms with Crippen molar-refractivity contribution in [1.29, 1.82) is 0 Å². The van der Waals surface area contributed by atoms with Gasteiger partial charge in [-0.05, 0) is 57.1 Å². The summed E-state index contributed by atoms with van der Waals surface area (Å²) < 4.78 is 0. The lowest BCUT2D eigenvalue weighted by Crippen LogP contribution is -2.51. The number of urea groups is 1. The number of carbonyl (C=O) groups excluding carboxylic acids is 2. The lowest BCUT2D eigenvalue weighted by molar-refractivity contribution is 0.0788. The molecule has 25 heavy (non-hydrogen) atoms. The van der Waals surface area contributed by atoms with Crippen LogP contribution in [0.2, 0.25) is 0 Å². The van der Waals surface area contributed by atoms with Crippen molar-refractivity contribution in [3.8, 4) is 0 Å². The Morgan fingerprint density at radius 3 is 2.48 bits per heavy atom. The normalized spacial score (nSPS) is 24.0. The molecule has 2 atom stereocenters. The smallest absolute Gasteiger partial charge is 0.318 e. The fraction of sp³-hybridized carbons (Fsp3) is 0.600. The second-order valence-corrected chi connectivity index (χ2v) is 7.77. The minimum absolute atomic E-state index is 0.0581. The van der Waals surface area contributed by atoms with Gasteiger partial charge in [0.2, 0.25) is 0 Å². The Morgan fingerprint density at radius 2 is 1.84 bits per heavy atom. The molecule has 2 saturated carbocycles. The predicted octanol–water partition coefficient (Wildman–Crippen LogP) is 2.87. The van der Waals surface area contributed by atoms with Gasteiger partial charge in [0, 0.05) is 36.8 Å². The summed E-state index contributed by atoms with van der Waals surface area (Å²) in [6.45, 7) is 3.51. The summed E-state index contributed by atoms with van der Waals surface area (Å²) >= 11 is 0. The highest BCUT2D eigenvalue weighted by molar-refractivity contribution is 5.94. The van der Waals surface area contributed by atoms with Crippen LogP contribution < -0.4 is 5.32 Å². The van der Waals surface area contributed by atoms with Crippen LogP contribution in [-0.4, -0.2) is 53.0 Å². The Labute approximate surface area is 149 Å². The van der Waals surface area contributed by atoms with Gasteiger partial charge in [-0.2, -0.15) is 0 Å². The molecule has 0 unspecified atom stereocenters. The Morgan fingerprint density at radius 1 is 1.12 bits per heavy atom. The molecule has 1 aliphatic heterocycles. The summed E-state index contributed by atoms with van der Waals surface area (Å²) in [5.74, 6) is 0.744. The van der Waals surface area contributed by atoms with Gasteiger partial charge >= 0.3 is 6.03 Å². The minimum atomic E-state index is 0.0581. The molecule has 1 saturated heterocycles. The van der Waals surface area contributed by atoms with Crippen LogP contribution >= 0.6 is 0 Å². The molecule has 3 amide bonds. The van der Waals surface area contributed by atoms with Crippen LogP contribution in [0.5, 0.6) is 0 Å². The Balaban J connectivity index is 1.34. The number of benzene rings is 1. The van der Waals surface area contributed by atoms with Crippen LogP contribution in [0.4, 0.5) is 4.79 Å². The molecule has 0 spiro atoms. The molecule has 1 heterocycles. The van der Waals surface area contributed by atoms with E-state index in [0.29, 0.717) is 31.1 Å². The van der Waals surface area contributed by atoms with Crippen molar-refractivity contribution in [3.63, 3.8) is 0 Å². The monoisotopic (exact) mass is 341 g/mol. The first-order valence-electron chi connectivity index (χ1n) is 9.56. The summed E-state index contributed by atoms with van der Waals surface area (Å²) in [5.41, 5.74) is 0.719. The van der Waals surface area contributed by atoms with Crippen LogP contribution in [0.3, 0.4) is 0 Å². The molecule has 4 rings (SSSR count). The quantitative estimate of drug-likeness (QED) is 0.895. The maximum atomic E-state index is 12.8. The summed E-state index contributed by atoms with van der Waals surface area (Å²) in [6, 6.07) is 10.3. The van der Waals surface area contributed by atoms with Gasteiger partial charge in [-0.3, -0.25) is 4.79 Å². The number of hydrogen-bond donors (Lipinski definition) is 1. The summed E-state index contributed by atoms with van der Waals surface area (Å²) in [7, 11) is 0. The van der Waals surface area contributed by atoms with E-state index >= 15 is 0 Å². The molecule has 1 aromatic carbocycles. The number of amides is 3. The van der Waals surface area contributed by atoms with Crippen molar-refractivity contribution >= 4 is 11.9 Å². The topological polar surface area (TPSA) is 52.7 Å². The molecule has 0 aromatic heterocycles. The number of rotatable bonds is 5. The molecule has 3 aliphatic rings. The molecule has 3 fully saturated rings. The van der Waals surface area contributed by atoms with Gasteiger partial charge in [0.05, 0.1) is 0 Å². The van der Waals surface area contributed by atoms with Crippen LogP contribution in [0, 0.1) is 5.92 Å². The minimum Gasteiger partial charge on any atom is -0.337 e. The second-order valence-electron chi connectivity index (χ2n) is 7.77. The van der Waals surface area contributed by atoms with Crippen LogP contribution in [0.25, 0.3) is 0 Å². The second kappa shape index (κ2) is 6.70. The first kappa shape index (κ1) is 16.4. The summed E-state index contributed by atoms with van der Waals surface area (Å²) in [5, 5.41) is 3.19. The highest BCUT2D eigenvalue weighted by Crippen LogP contribution is 2.39. The molecule has 0 radical (unpaired) electrons. The molecule has 134 valence electrons. The average molecular weight is 341 g/mol. The number of likely N-dealkylation sites (tertiary alicyclic amines) is 1. The summed E-state index contributed by atoms with van der Waals surface area (Å²) in [4.78, 5) is 29.3. The number of carbonyl (C=O) groups is 2. The standard InChI is InChI=1S/C20H27N3O2/c1-14(15-7-8-15)23(18-9-10-18)20(25)21-17-11-12-22(13-17)19(24)16-5-3-2-4-6-16/h2-6,14-15,17-18H,7-13H2,1H3,(H,21,25)/t14-,17-/m0/s1. The van der Waals surface area contributed by atoms with E-state index in [1.54, 1.807) is 0 Å². The zero-order valence-corrected chi connectivity index (χ0v) is 14.9. The fourth-order valence-electron chi connectivity index (χ4n) is 3.92. The number of nitrogens with one attached hydrogen (secondary N) is 1. The van der Waals surface area contributed by atoms with E-state index < -0.39 is 0 Å². The number of hydrogen-bond acceptors (Lipinski definition) is 2. The van der Waals surface area contributed by atoms with Gasteiger partial charge in [0.1, 0.15) is 0 Å². The van der Waals surface area contributed by atoms with Gasteiger partial charge in [-0.15, -0.1) is 0 Å². The van der Waals surface area contributed by atoms with E-state index in [9.17, 15) is 9.59 Å². The van der Waals surface area contributed by atoms with Crippen molar-refractivity contribution in [1.82, 2.24) is 15.1 Å². The largest absolute Gasteiger partial charge is 0.337 e. The van der Waals surface area contributed by atoms with Crippen molar-refractivity contribution in [2.24, 2.45) is 5.92 Å². The third kappa shape index (κ3) is 3.65. The highest BCUT2D eigenvalue weighted by atomic mass is 16.2. The fourth-order valence-corrected chi connectivity index (χ4v) is 3.92. The molecular formula is C20H27N3O2. The van der Waals surface area contributed by atoms with E-state index in [0.717, 1.165) is 24.8 Å². The highest BCUT2D eigenvalue weighted by Gasteiger charge is 2.42. The predicted molar refractivity (Wildman–Crippen MR) is 96.3 cm³/mol. The van der Waals surface area contributed by atoms with Gasteiger partial charge in [0.25, 0.3) is 5.91 Å². The van der Waals surface area contributed by atoms with E-state index in [1.807, 2.05) is 35.2 Å². The first-order valence-corrected chi connectivity index (χ1v) is 9.56. The molecule has 5 heteroatoms. The summed E-state index contributed by atoms with van der Waals surface area (Å²) in [6.07, 6.45) is 5.60. The zero-order chi connectivity index (χ0) is 17.4.